The molecule has 0 bridgehead atoms. The van der Waals surface area contributed by atoms with Crippen LogP contribution in [0, 0.1) is 0 Å². The summed E-state index contributed by atoms with van der Waals surface area (Å²) in [4.78, 5) is 13.1. The quantitative estimate of drug-likeness (QED) is 0.361. The number of carbonyl (C=O) groups excluding carboxylic acids is 1. The molecule has 3 nitrogen and oxygen atoms in total. The highest BCUT2D eigenvalue weighted by Gasteiger charge is 2.12. The fourth-order valence-corrected chi connectivity index (χ4v) is 1.24. The average Bonchev–Trinajstić information content (AvgIpc) is 2.57. The predicted molar refractivity (Wildman–Crippen MR) is 45.7 cm³/mol. The van der Waals surface area contributed by atoms with E-state index in [-0.39, 0.29) is 0 Å². The molecule has 0 aromatic rings. The van der Waals surface area contributed by atoms with Crippen LogP contribution in [-0.2, 0) is 9.53 Å². The highest BCUT2D eigenvalue weighted by atomic mass is 16.5. The molecule has 1 aliphatic heterocycles. The monoisotopic (exact) mass is 167 g/mol. The normalized spacial score (nSPS) is 22.8. The largest absolute Gasteiger partial charge is 0.378 e. The van der Waals surface area contributed by atoms with E-state index in [2.05, 4.69) is 4.99 Å². The maximum atomic E-state index is 9.67. The van der Waals surface area contributed by atoms with Crippen LogP contribution in [0.25, 0.3) is 0 Å². The maximum Gasteiger partial charge on any atom is 0.235 e. The first-order valence-corrected chi connectivity index (χ1v) is 4.23. The summed E-state index contributed by atoms with van der Waals surface area (Å²) in [5, 5.41) is 0. The second kappa shape index (κ2) is 5.70. The van der Waals surface area contributed by atoms with Crippen LogP contribution in [-0.4, -0.2) is 25.3 Å². The van der Waals surface area contributed by atoms with Gasteiger partial charge in [-0.15, -0.1) is 0 Å². The number of ether oxygens (including phenoxy) is 1. The van der Waals surface area contributed by atoms with E-state index in [0.717, 1.165) is 19.4 Å². The number of rotatable bonds is 4. The summed E-state index contributed by atoms with van der Waals surface area (Å²) >= 11 is 0. The van der Waals surface area contributed by atoms with E-state index in [0.29, 0.717) is 12.6 Å². The van der Waals surface area contributed by atoms with Gasteiger partial charge < -0.3 is 4.74 Å². The lowest BCUT2D eigenvalue weighted by Gasteiger charge is -2.03. The SMILES string of the molecule is O=C=NC/C=C\CC1CCCO1. The number of nitrogens with zero attached hydrogens (tertiary/aromatic N) is 1. The second-order valence-corrected chi connectivity index (χ2v) is 2.77. The first kappa shape index (κ1) is 9.17. The molecule has 1 atom stereocenters. The van der Waals surface area contributed by atoms with Crippen molar-refractivity contribution in [1.82, 2.24) is 0 Å². The summed E-state index contributed by atoms with van der Waals surface area (Å²) in [5.74, 6) is 0. The van der Waals surface area contributed by atoms with Crippen LogP contribution in [0.5, 0.6) is 0 Å². The fourth-order valence-electron chi connectivity index (χ4n) is 1.24. The summed E-state index contributed by atoms with van der Waals surface area (Å²) in [6.07, 6.45) is 9.02. The van der Waals surface area contributed by atoms with Gasteiger partial charge in [0, 0.05) is 6.61 Å². The molecular formula is C9H13NO2. The lowest BCUT2D eigenvalue weighted by molar-refractivity contribution is 0.113. The van der Waals surface area contributed by atoms with Gasteiger partial charge in [0.15, 0.2) is 0 Å². The molecule has 0 aliphatic carbocycles. The highest BCUT2D eigenvalue weighted by Crippen LogP contribution is 2.15. The standard InChI is InChI=1S/C9H13NO2/c11-8-10-6-2-1-4-9-5-3-7-12-9/h1-2,9H,3-7H2/b2-1-. The molecule has 3 heteroatoms. The van der Waals surface area contributed by atoms with Gasteiger partial charge in [0.2, 0.25) is 6.08 Å². The van der Waals surface area contributed by atoms with Gasteiger partial charge in [0.1, 0.15) is 0 Å². The fraction of sp³-hybridized carbons (Fsp3) is 0.667. The number of aliphatic imine (C=N–C) groups is 1. The third-order valence-corrected chi connectivity index (χ3v) is 1.85. The molecule has 12 heavy (non-hydrogen) atoms. The van der Waals surface area contributed by atoms with Crippen LogP contribution in [0.4, 0.5) is 0 Å². The molecule has 0 N–H and O–H groups in total. The van der Waals surface area contributed by atoms with Gasteiger partial charge in [-0.25, -0.2) is 9.79 Å². The van der Waals surface area contributed by atoms with Crippen molar-refractivity contribution in [2.24, 2.45) is 4.99 Å². The van der Waals surface area contributed by atoms with Gasteiger partial charge in [-0.05, 0) is 19.3 Å². The van der Waals surface area contributed by atoms with Gasteiger partial charge in [0.25, 0.3) is 0 Å². The van der Waals surface area contributed by atoms with E-state index in [4.69, 9.17) is 4.74 Å². The molecule has 0 aromatic carbocycles. The summed E-state index contributed by atoms with van der Waals surface area (Å²) in [6, 6.07) is 0. The second-order valence-electron chi connectivity index (χ2n) is 2.77. The third-order valence-electron chi connectivity index (χ3n) is 1.85. The number of hydrogen-bond acceptors (Lipinski definition) is 3. The molecule has 0 radical (unpaired) electrons. The van der Waals surface area contributed by atoms with Crippen molar-refractivity contribution in [3.05, 3.63) is 12.2 Å². The lowest BCUT2D eigenvalue weighted by atomic mass is 10.2. The van der Waals surface area contributed by atoms with Crippen LogP contribution in [0.2, 0.25) is 0 Å². The minimum Gasteiger partial charge on any atom is -0.378 e. The zero-order valence-electron chi connectivity index (χ0n) is 7.03. The number of isocyanates is 1. The molecular weight excluding hydrogens is 154 g/mol. The first-order valence-electron chi connectivity index (χ1n) is 4.23. The Kier molecular flexibility index (Phi) is 4.35. The van der Waals surface area contributed by atoms with Crippen LogP contribution in [0.15, 0.2) is 17.1 Å². The van der Waals surface area contributed by atoms with Gasteiger partial charge in [-0.2, -0.15) is 0 Å². The van der Waals surface area contributed by atoms with Gasteiger partial charge in [-0.1, -0.05) is 12.2 Å². The van der Waals surface area contributed by atoms with Crippen LogP contribution >= 0.6 is 0 Å². The van der Waals surface area contributed by atoms with E-state index >= 15 is 0 Å². The molecule has 1 saturated heterocycles. The smallest absolute Gasteiger partial charge is 0.235 e. The zero-order valence-corrected chi connectivity index (χ0v) is 7.03. The van der Waals surface area contributed by atoms with E-state index in [1.807, 2.05) is 12.2 Å². The summed E-state index contributed by atoms with van der Waals surface area (Å²) in [7, 11) is 0. The molecule has 66 valence electrons. The van der Waals surface area contributed by atoms with Crippen molar-refractivity contribution < 1.29 is 9.53 Å². The van der Waals surface area contributed by atoms with Crippen molar-refractivity contribution in [2.75, 3.05) is 13.2 Å². The van der Waals surface area contributed by atoms with Gasteiger partial charge in [0.05, 0.1) is 12.6 Å². The Morgan fingerprint density at radius 2 is 2.50 bits per heavy atom. The van der Waals surface area contributed by atoms with Crippen molar-refractivity contribution in [2.45, 2.75) is 25.4 Å². The lowest BCUT2D eigenvalue weighted by Crippen LogP contribution is -2.01. The van der Waals surface area contributed by atoms with E-state index in [1.54, 1.807) is 0 Å². The Morgan fingerprint density at radius 1 is 1.58 bits per heavy atom. The van der Waals surface area contributed by atoms with Crippen LogP contribution < -0.4 is 0 Å². The van der Waals surface area contributed by atoms with Gasteiger partial charge in [-0.3, -0.25) is 0 Å². The topological polar surface area (TPSA) is 38.7 Å². The van der Waals surface area contributed by atoms with Crippen LogP contribution in [0.3, 0.4) is 0 Å². The first-order chi connectivity index (χ1) is 5.93. The van der Waals surface area contributed by atoms with E-state index in [1.165, 1.54) is 12.5 Å². The predicted octanol–water partition coefficient (Wildman–Crippen LogP) is 1.45. The van der Waals surface area contributed by atoms with Crippen molar-refractivity contribution in [3.63, 3.8) is 0 Å². The Bertz CT molecular complexity index is 189. The minimum atomic E-state index is 0.390. The van der Waals surface area contributed by atoms with Crippen molar-refractivity contribution in [3.8, 4) is 0 Å². The molecule has 1 aliphatic rings. The van der Waals surface area contributed by atoms with E-state index in [9.17, 15) is 4.79 Å². The van der Waals surface area contributed by atoms with Crippen molar-refractivity contribution in [1.29, 1.82) is 0 Å². The average molecular weight is 167 g/mol. The molecule has 0 spiro atoms. The third kappa shape index (κ3) is 3.46. The molecule has 1 fully saturated rings. The summed E-state index contributed by atoms with van der Waals surface area (Å²) in [6.45, 7) is 1.33. The maximum absolute atomic E-state index is 9.67. The van der Waals surface area contributed by atoms with Crippen molar-refractivity contribution >= 4 is 6.08 Å². The Labute approximate surface area is 72.1 Å². The molecule has 1 rings (SSSR count). The molecule has 1 unspecified atom stereocenters. The van der Waals surface area contributed by atoms with Gasteiger partial charge >= 0.3 is 0 Å². The Balaban J connectivity index is 2.07. The summed E-state index contributed by atoms with van der Waals surface area (Å²) in [5.41, 5.74) is 0. The Hall–Kier alpha value is -0.920. The minimum absolute atomic E-state index is 0.390. The highest BCUT2D eigenvalue weighted by molar-refractivity contribution is 5.33. The molecule has 0 aromatic heterocycles. The van der Waals surface area contributed by atoms with Crippen LogP contribution in [0.1, 0.15) is 19.3 Å². The number of hydrogen-bond donors (Lipinski definition) is 0. The Morgan fingerprint density at radius 3 is 3.17 bits per heavy atom. The summed E-state index contributed by atoms with van der Waals surface area (Å²) < 4.78 is 5.40. The van der Waals surface area contributed by atoms with E-state index < -0.39 is 0 Å². The molecule has 0 saturated carbocycles. The molecule has 1 heterocycles. The molecule has 0 amide bonds. The zero-order chi connectivity index (χ0) is 8.65.